The summed E-state index contributed by atoms with van der Waals surface area (Å²) in [6, 6.07) is 5.59. The number of rotatable bonds is 5. The number of imidazole rings is 1. The van der Waals surface area contributed by atoms with Gasteiger partial charge in [0, 0.05) is 19.0 Å². The normalized spacial score (nSPS) is 10.8. The van der Waals surface area contributed by atoms with Gasteiger partial charge in [-0.2, -0.15) is 0 Å². The lowest BCUT2D eigenvalue weighted by Gasteiger charge is -2.06. The summed E-state index contributed by atoms with van der Waals surface area (Å²) in [7, 11) is 1.60. The van der Waals surface area contributed by atoms with Gasteiger partial charge in [0.15, 0.2) is 0 Å². The smallest absolute Gasteiger partial charge is 0.219 e. The van der Waals surface area contributed by atoms with Crippen molar-refractivity contribution in [2.45, 2.75) is 18.8 Å². The lowest BCUT2D eigenvalue weighted by atomic mass is 10.3. The van der Waals surface area contributed by atoms with Gasteiger partial charge in [-0.1, -0.05) is 0 Å². The van der Waals surface area contributed by atoms with E-state index in [0.717, 1.165) is 22.6 Å². The van der Waals surface area contributed by atoms with E-state index in [2.05, 4.69) is 4.98 Å². The average molecular weight is 268 g/mol. The number of hydrogen-bond acceptors (Lipinski definition) is 3. The topological polar surface area (TPSA) is 70.1 Å². The predicted octanol–water partition coefficient (Wildman–Crippen LogP) is 1.66. The zero-order chi connectivity index (χ0) is 13.1. The Balaban J connectivity index is 2.45. The molecule has 0 fully saturated rings. The molecular formula is C12H14ClN3O2. The largest absolute Gasteiger partial charge is 0.497 e. The second-order valence-electron chi connectivity index (χ2n) is 3.88. The van der Waals surface area contributed by atoms with Gasteiger partial charge < -0.3 is 15.0 Å². The highest BCUT2D eigenvalue weighted by Gasteiger charge is 2.11. The van der Waals surface area contributed by atoms with Crippen LogP contribution in [0.5, 0.6) is 5.75 Å². The van der Waals surface area contributed by atoms with E-state index in [-0.39, 0.29) is 18.2 Å². The van der Waals surface area contributed by atoms with Gasteiger partial charge in [0.05, 0.1) is 24.0 Å². The molecule has 1 aromatic heterocycles. The summed E-state index contributed by atoms with van der Waals surface area (Å²) in [5, 5.41) is 0. The van der Waals surface area contributed by atoms with Crippen molar-refractivity contribution in [1.82, 2.24) is 9.55 Å². The first-order valence-corrected chi connectivity index (χ1v) is 6.06. The second kappa shape index (κ2) is 5.27. The number of carbonyl (C=O) groups excluding carboxylic acids is 1. The maximum absolute atomic E-state index is 10.9. The predicted molar refractivity (Wildman–Crippen MR) is 69.7 cm³/mol. The van der Waals surface area contributed by atoms with E-state index in [9.17, 15) is 4.79 Å². The fourth-order valence-corrected chi connectivity index (χ4v) is 2.06. The monoisotopic (exact) mass is 267 g/mol. The maximum atomic E-state index is 10.9. The summed E-state index contributed by atoms with van der Waals surface area (Å²) in [6.07, 6.45) is 0.265. The molecule has 0 unspecified atom stereocenters. The van der Waals surface area contributed by atoms with Crippen LogP contribution in [0, 0.1) is 0 Å². The molecule has 0 saturated carbocycles. The molecule has 0 saturated heterocycles. The highest BCUT2D eigenvalue weighted by atomic mass is 35.5. The van der Waals surface area contributed by atoms with Crippen LogP contribution in [0.1, 0.15) is 12.2 Å². The molecule has 0 aliphatic heterocycles. The fourth-order valence-electron chi connectivity index (χ4n) is 1.86. The molecule has 96 valence electrons. The zero-order valence-electron chi connectivity index (χ0n) is 10.0. The van der Waals surface area contributed by atoms with E-state index in [1.807, 2.05) is 22.8 Å². The SMILES string of the molecule is COc1ccc2c(c1)nc(CCl)n2CCC(N)=O. The van der Waals surface area contributed by atoms with Crippen LogP contribution < -0.4 is 10.5 Å². The van der Waals surface area contributed by atoms with Crippen LogP contribution in [0.25, 0.3) is 11.0 Å². The van der Waals surface area contributed by atoms with Gasteiger partial charge in [-0.05, 0) is 12.1 Å². The number of carbonyl (C=O) groups is 1. The fraction of sp³-hybridized carbons (Fsp3) is 0.333. The molecule has 0 spiro atoms. The number of amides is 1. The van der Waals surface area contributed by atoms with Gasteiger partial charge in [-0.3, -0.25) is 4.79 Å². The third-order valence-electron chi connectivity index (χ3n) is 2.74. The first-order valence-electron chi connectivity index (χ1n) is 5.53. The Kier molecular flexibility index (Phi) is 3.72. The number of nitrogens with zero attached hydrogens (tertiary/aromatic N) is 2. The van der Waals surface area contributed by atoms with Crippen molar-refractivity contribution in [2.24, 2.45) is 5.73 Å². The molecule has 2 rings (SSSR count). The highest BCUT2D eigenvalue weighted by molar-refractivity contribution is 6.16. The number of aryl methyl sites for hydroxylation is 1. The van der Waals surface area contributed by atoms with Crippen molar-refractivity contribution in [3.8, 4) is 5.75 Å². The number of fused-ring (bicyclic) bond motifs is 1. The molecule has 1 aromatic carbocycles. The molecule has 1 amide bonds. The van der Waals surface area contributed by atoms with Gasteiger partial charge in [-0.15, -0.1) is 11.6 Å². The number of ether oxygens (including phenoxy) is 1. The zero-order valence-corrected chi connectivity index (χ0v) is 10.8. The Hall–Kier alpha value is -1.75. The van der Waals surface area contributed by atoms with Crippen molar-refractivity contribution >= 4 is 28.5 Å². The molecule has 18 heavy (non-hydrogen) atoms. The molecule has 1 heterocycles. The van der Waals surface area contributed by atoms with Crippen molar-refractivity contribution < 1.29 is 9.53 Å². The van der Waals surface area contributed by atoms with Crippen LogP contribution in [-0.2, 0) is 17.2 Å². The van der Waals surface area contributed by atoms with Gasteiger partial charge in [0.1, 0.15) is 11.6 Å². The lowest BCUT2D eigenvalue weighted by molar-refractivity contribution is -0.118. The van der Waals surface area contributed by atoms with Crippen LogP contribution in [0.4, 0.5) is 0 Å². The van der Waals surface area contributed by atoms with Crippen LogP contribution in [0.3, 0.4) is 0 Å². The van der Waals surface area contributed by atoms with Gasteiger partial charge in [0.25, 0.3) is 0 Å². The summed E-state index contributed by atoms with van der Waals surface area (Å²) in [5.41, 5.74) is 6.89. The Morgan fingerprint density at radius 2 is 2.33 bits per heavy atom. The number of halogens is 1. The molecular weight excluding hydrogens is 254 g/mol. The van der Waals surface area contributed by atoms with E-state index in [1.165, 1.54) is 0 Å². The van der Waals surface area contributed by atoms with Crippen LogP contribution in [0.2, 0.25) is 0 Å². The average Bonchev–Trinajstić information content (AvgIpc) is 2.72. The third-order valence-corrected chi connectivity index (χ3v) is 2.97. The first-order chi connectivity index (χ1) is 8.65. The molecule has 0 bridgehead atoms. The Bertz CT molecular complexity index is 580. The van der Waals surface area contributed by atoms with Crippen molar-refractivity contribution in [1.29, 1.82) is 0 Å². The maximum Gasteiger partial charge on any atom is 0.219 e. The molecule has 0 aliphatic carbocycles. The minimum Gasteiger partial charge on any atom is -0.497 e. The number of primary amides is 1. The van der Waals surface area contributed by atoms with Gasteiger partial charge in [0.2, 0.25) is 5.91 Å². The van der Waals surface area contributed by atoms with Crippen molar-refractivity contribution in [2.75, 3.05) is 7.11 Å². The minimum absolute atomic E-state index is 0.265. The van der Waals surface area contributed by atoms with E-state index in [1.54, 1.807) is 7.11 Å². The van der Waals surface area contributed by atoms with E-state index < -0.39 is 0 Å². The molecule has 6 heteroatoms. The van der Waals surface area contributed by atoms with E-state index in [4.69, 9.17) is 22.1 Å². The second-order valence-corrected chi connectivity index (χ2v) is 4.15. The third kappa shape index (κ3) is 2.41. The minimum atomic E-state index is -0.342. The van der Waals surface area contributed by atoms with Crippen LogP contribution >= 0.6 is 11.6 Å². The number of nitrogens with two attached hydrogens (primary N) is 1. The van der Waals surface area contributed by atoms with E-state index >= 15 is 0 Å². The van der Waals surface area contributed by atoms with Crippen LogP contribution in [0.15, 0.2) is 18.2 Å². The summed E-state index contributed by atoms with van der Waals surface area (Å²) < 4.78 is 7.06. The Morgan fingerprint density at radius 3 is 2.94 bits per heavy atom. The molecule has 0 aliphatic rings. The summed E-state index contributed by atoms with van der Waals surface area (Å²) in [6.45, 7) is 0.486. The van der Waals surface area contributed by atoms with Crippen molar-refractivity contribution in [3.05, 3.63) is 24.0 Å². The Labute approximate surface area is 109 Å². The number of aromatic nitrogens is 2. The quantitative estimate of drug-likeness (QED) is 0.838. The van der Waals surface area contributed by atoms with Gasteiger partial charge in [-0.25, -0.2) is 4.98 Å². The van der Waals surface area contributed by atoms with Crippen LogP contribution in [-0.4, -0.2) is 22.6 Å². The number of methoxy groups -OCH3 is 1. The molecule has 0 radical (unpaired) electrons. The number of hydrogen-bond donors (Lipinski definition) is 1. The molecule has 2 N–H and O–H groups in total. The molecule has 5 nitrogen and oxygen atoms in total. The first kappa shape index (κ1) is 12.7. The Morgan fingerprint density at radius 1 is 1.56 bits per heavy atom. The lowest BCUT2D eigenvalue weighted by Crippen LogP contribution is -2.14. The number of benzene rings is 1. The summed E-state index contributed by atoms with van der Waals surface area (Å²) >= 11 is 5.86. The number of alkyl halides is 1. The summed E-state index contributed by atoms with van der Waals surface area (Å²) in [4.78, 5) is 15.3. The van der Waals surface area contributed by atoms with E-state index in [0.29, 0.717) is 6.54 Å². The van der Waals surface area contributed by atoms with Crippen molar-refractivity contribution in [3.63, 3.8) is 0 Å². The standard InChI is InChI=1S/C12H14ClN3O2/c1-18-8-2-3-10-9(6-8)15-12(7-13)16(10)5-4-11(14)17/h2-3,6H,4-5,7H2,1H3,(H2,14,17). The highest BCUT2D eigenvalue weighted by Crippen LogP contribution is 2.22. The van der Waals surface area contributed by atoms with Gasteiger partial charge >= 0.3 is 0 Å². The molecule has 0 atom stereocenters. The molecule has 2 aromatic rings. The summed E-state index contributed by atoms with van der Waals surface area (Å²) in [5.74, 6) is 1.41.